The normalized spacial score (nSPS) is 27.3. The second-order valence-corrected chi connectivity index (χ2v) is 12.6. The van der Waals surface area contributed by atoms with E-state index in [1.165, 1.54) is 0 Å². The zero-order chi connectivity index (χ0) is 15.0. The second kappa shape index (κ2) is 6.12. The van der Waals surface area contributed by atoms with Gasteiger partial charge in [0.15, 0.2) is 8.37 Å². The molecule has 1 rings (SSSR count). The third-order valence-electron chi connectivity index (χ3n) is 4.00. The molecule has 0 aliphatic heterocycles. The van der Waals surface area contributed by atoms with Gasteiger partial charge in [0.2, 0.25) is 5.91 Å². The molecule has 1 fully saturated rings. The Balaban J connectivity index is 2.50. The molecule has 1 aliphatic carbocycles. The molecule has 0 aromatic heterocycles. The average Bonchev–Trinajstić information content (AvgIpc) is 2.21. The maximum absolute atomic E-state index is 11.8. The maximum atomic E-state index is 11.8. The molecule has 0 heterocycles. The van der Waals surface area contributed by atoms with Gasteiger partial charge in [0.1, 0.15) is 5.78 Å². The van der Waals surface area contributed by atoms with Crippen LogP contribution in [0.1, 0.15) is 33.6 Å². The van der Waals surface area contributed by atoms with E-state index in [1.54, 1.807) is 6.92 Å². The molecule has 0 saturated heterocycles. The Morgan fingerprint density at radius 2 is 1.95 bits per heavy atom. The molecule has 110 valence electrons. The molecule has 0 aromatic rings. The fourth-order valence-corrected chi connectivity index (χ4v) is 2.91. The molecule has 7 heteroatoms. The van der Waals surface area contributed by atoms with Gasteiger partial charge in [-0.2, -0.15) is 0 Å². The molecule has 1 saturated carbocycles. The first-order valence-corrected chi connectivity index (χ1v) is 8.38. The van der Waals surface area contributed by atoms with Crippen molar-refractivity contribution in [2.24, 2.45) is 17.3 Å². The van der Waals surface area contributed by atoms with Crippen molar-refractivity contribution in [3.63, 3.8) is 0 Å². The van der Waals surface area contributed by atoms with Gasteiger partial charge in [-0.15, -0.1) is 0 Å². The van der Waals surface area contributed by atoms with Crippen molar-refractivity contribution in [2.45, 2.75) is 42.0 Å². The van der Waals surface area contributed by atoms with E-state index in [-0.39, 0.29) is 28.9 Å². The van der Waals surface area contributed by atoms with E-state index in [2.05, 4.69) is 53.1 Å². The highest BCUT2D eigenvalue weighted by molar-refractivity contribution is 9.39. The van der Waals surface area contributed by atoms with Gasteiger partial charge in [0.05, 0.1) is 0 Å². The molecule has 0 spiro atoms. The van der Waals surface area contributed by atoms with E-state index in [4.69, 9.17) is 0 Å². The van der Waals surface area contributed by atoms with Gasteiger partial charge < -0.3 is 10.4 Å². The van der Waals surface area contributed by atoms with Crippen LogP contribution < -0.4 is 5.32 Å². The van der Waals surface area contributed by atoms with Gasteiger partial charge in [-0.1, -0.05) is 61.6 Å². The van der Waals surface area contributed by atoms with Crippen LogP contribution in [-0.2, 0) is 9.59 Å². The van der Waals surface area contributed by atoms with Crippen LogP contribution in [0.5, 0.6) is 0 Å². The SMILES string of the molecule is CC(=O)C1CC(CC(=O)NC(O)C(Br)(Br)Br)C1(C)C. The molecule has 3 atom stereocenters. The van der Waals surface area contributed by atoms with Crippen molar-refractivity contribution in [1.82, 2.24) is 5.32 Å². The number of aliphatic hydroxyl groups excluding tert-OH is 1. The van der Waals surface area contributed by atoms with Crippen molar-refractivity contribution >= 4 is 59.5 Å². The molecule has 1 aliphatic rings. The van der Waals surface area contributed by atoms with Crippen LogP contribution in [0.4, 0.5) is 0 Å². The summed E-state index contributed by atoms with van der Waals surface area (Å²) in [4.78, 5) is 23.3. The summed E-state index contributed by atoms with van der Waals surface area (Å²) in [6.45, 7) is 5.63. The second-order valence-electron chi connectivity index (χ2n) is 5.63. The van der Waals surface area contributed by atoms with Crippen molar-refractivity contribution < 1.29 is 14.7 Å². The predicted molar refractivity (Wildman–Crippen MR) is 84.3 cm³/mol. The molecule has 3 unspecified atom stereocenters. The standard InChI is InChI=1S/C12H18Br3NO3/c1-6(17)8-4-7(11(8,2)3)5-9(18)16-10(19)12(13,14)15/h7-8,10,19H,4-5H2,1-3H3,(H,16,18). The van der Waals surface area contributed by atoms with Crippen LogP contribution in [0.15, 0.2) is 0 Å². The lowest BCUT2D eigenvalue weighted by Gasteiger charge is -2.51. The Bertz CT molecular complexity index is 379. The summed E-state index contributed by atoms with van der Waals surface area (Å²) >= 11 is 9.43. The van der Waals surface area contributed by atoms with Crippen LogP contribution in [-0.4, -0.2) is 25.2 Å². The summed E-state index contributed by atoms with van der Waals surface area (Å²) < 4.78 is -0.931. The smallest absolute Gasteiger partial charge is 0.222 e. The number of rotatable bonds is 4. The zero-order valence-electron chi connectivity index (χ0n) is 11.0. The fraction of sp³-hybridized carbons (Fsp3) is 0.833. The molecule has 2 N–H and O–H groups in total. The minimum Gasteiger partial charge on any atom is -0.370 e. The number of amides is 1. The minimum atomic E-state index is -1.09. The van der Waals surface area contributed by atoms with Crippen molar-refractivity contribution in [3.05, 3.63) is 0 Å². The number of carbonyl (C=O) groups excluding carboxylic acids is 2. The lowest BCUT2D eigenvalue weighted by molar-refractivity contribution is -0.141. The predicted octanol–water partition coefficient (Wildman–Crippen LogP) is 2.90. The van der Waals surface area contributed by atoms with Crippen molar-refractivity contribution in [3.8, 4) is 0 Å². The highest BCUT2D eigenvalue weighted by Gasteiger charge is 2.50. The van der Waals surface area contributed by atoms with E-state index in [9.17, 15) is 14.7 Å². The molecule has 0 aromatic carbocycles. The minimum absolute atomic E-state index is 0.0397. The summed E-state index contributed by atoms with van der Waals surface area (Å²) in [6.07, 6.45) is -0.0306. The van der Waals surface area contributed by atoms with E-state index in [1.807, 2.05) is 13.8 Å². The number of ketones is 1. The first-order valence-electron chi connectivity index (χ1n) is 6.01. The first-order chi connectivity index (χ1) is 8.46. The van der Waals surface area contributed by atoms with E-state index in [0.29, 0.717) is 6.42 Å². The lowest BCUT2D eigenvalue weighted by Crippen LogP contribution is -2.51. The van der Waals surface area contributed by atoms with Crippen molar-refractivity contribution in [2.75, 3.05) is 0 Å². The number of Topliss-reactive ketones (excluding diaryl/α,β-unsaturated/α-hetero) is 1. The summed E-state index contributed by atoms with van der Waals surface area (Å²) in [5.74, 6) is 0.166. The van der Waals surface area contributed by atoms with Gasteiger partial charge in [-0.3, -0.25) is 9.59 Å². The quantitative estimate of drug-likeness (QED) is 0.497. The number of hydrogen-bond acceptors (Lipinski definition) is 3. The molecular formula is C12H18Br3NO3. The van der Waals surface area contributed by atoms with Gasteiger partial charge in [-0.25, -0.2) is 0 Å². The lowest BCUT2D eigenvalue weighted by atomic mass is 9.52. The summed E-state index contributed by atoms with van der Waals surface area (Å²) in [5.41, 5.74) is -0.150. The van der Waals surface area contributed by atoms with Gasteiger partial charge in [-0.05, 0) is 24.7 Å². The summed E-state index contributed by atoms with van der Waals surface area (Å²) in [7, 11) is 0. The number of hydrogen-bond donors (Lipinski definition) is 2. The largest absolute Gasteiger partial charge is 0.370 e. The van der Waals surface area contributed by atoms with E-state index < -0.39 is 8.37 Å². The highest BCUT2D eigenvalue weighted by Crippen LogP contribution is 2.53. The third-order valence-corrected chi connectivity index (χ3v) is 5.30. The maximum Gasteiger partial charge on any atom is 0.222 e. The number of carbonyl (C=O) groups is 2. The molecule has 4 nitrogen and oxygen atoms in total. The number of aliphatic hydroxyl groups is 1. The zero-order valence-corrected chi connectivity index (χ0v) is 15.8. The van der Waals surface area contributed by atoms with Crippen LogP contribution in [0.3, 0.4) is 0 Å². The van der Waals surface area contributed by atoms with Crippen molar-refractivity contribution in [1.29, 1.82) is 0 Å². The average molecular weight is 464 g/mol. The molecule has 1 amide bonds. The van der Waals surface area contributed by atoms with Crippen LogP contribution >= 0.6 is 47.8 Å². The fourth-order valence-electron chi connectivity index (χ4n) is 2.57. The topological polar surface area (TPSA) is 66.4 Å². The van der Waals surface area contributed by atoms with Crippen LogP contribution in [0.2, 0.25) is 0 Å². The Morgan fingerprint density at radius 1 is 1.42 bits per heavy atom. The van der Waals surface area contributed by atoms with Gasteiger partial charge >= 0.3 is 0 Å². The van der Waals surface area contributed by atoms with Crippen LogP contribution in [0, 0.1) is 17.3 Å². The first kappa shape index (κ1) is 17.6. The van der Waals surface area contributed by atoms with E-state index in [0.717, 1.165) is 6.42 Å². The summed E-state index contributed by atoms with van der Waals surface area (Å²) in [6, 6.07) is 0. The number of nitrogens with one attached hydrogen (secondary N) is 1. The van der Waals surface area contributed by atoms with Gasteiger partial charge in [0.25, 0.3) is 0 Å². The van der Waals surface area contributed by atoms with Gasteiger partial charge in [0, 0.05) is 12.3 Å². The number of alkyl halides is 3. The Hall–Kier alpha value is 0.540. The molecular weight excluding hydrogens is 446 g/mol. The molecule has 0 bridgehead atoms. The van der Waals surface area contributed by atoms with E-state index >= 15 is 0 Å². The molecule has 0 radical (unpaired) electrons. The monoisotopic (exact) mass is 461 g/mol. The Labute approximate surface area is 138 Å². The van der Waals surface area contributed by atoms with Crippen LogP contribution in [0.25, 0.3) is 0 Å². The Morgan fingerprint density at radius 3 is 2.32 bits per heavy atom. The molecule has 19 heavy (non-hydrogen) atoms. The summed E-state index contributed by atoms with van der Waals surface area (Å²) in [5, 5.41) is 12.2. The highest BCUT2D eigenvalue weighted by atomic mass is 80.0. The number of halogens is 3. The Kier molecular flexibility index (Phi) is 5.66. The third kappa shape index (κ3) is 4.25.